The molecule has 2 aliphatic heterocycles. The Morgan fingerprint density at radius 2 is 1.46 bits per heavy atom. The normalized spacial score (nSPS) is 22.1. The highest BCUT2D eigenvalue weighted by molar-refractivity contribution is 9.10. The van der Waals surface area contributed by atoms with Crippen LogP contribution in [-0.2, 0) is 0 Å². The van der Waals surface area contributed by atoms with Crippen molar-refractivity contribution in [2.45, 2.75) is 18.0 Å². The second kappa shape index (κ2) is 8.87. The van der Waals surface area contributed by atoms with Crippen LogP contribution in [0.4, 0.5) is 5.69 Å². The van der Waals surface area contributed by atoms with E-state index in [1.165, 1.54) is 0 Å². The fraction of sp³-hybridized carbons (Fsp3) is 0.121. The second-order valence-electron chi connectivity index (χ2n) is 10.2. The number of hydrogen-bond acceptors (Lipinski definition) is 4. The number of carbonyl (C=O) groups is 3. The van der Waals surface area contributed by atoms with Crippen LogP contribution < -0.4 is 4.90 Å². The molecule has 0 N–H and O–H groups in total. The van der Waals surface area contributed by atoms with Gasteiger partial charge in [0, 0.05) is 37.8 Å². The molecule has 3 atom stereocenters. The molecule has 2 heterocycles. The summed E-state index contributed by atoms with van der Waals surface area (Å²) in [6.45, 7) is 0. The van der Waals surface area contributed by atoms with Crippen molar-refractivity contribution in [2.24, 2.45) is 5.41 Å². The first-order valence-corrected chi connectivity index (χ1v) is 13.9. The quantitative estimate of drug-likeness (QED) is 0.183. The summed E-state index contributed by atoms with van der Waals surface area (Å²) in [4.78, 5) is 45.7. The van der Waals surface area contributed by atoms with Gasteiger partial charge in [0.25, 0.3) is 0 Å². The van der Waals surface area contributed by atoms with Gasteiger partial charge in [-0.1, -0.05) is 106 Å². The van der Waals surface area contributed by atoms with Crippen LogP contribution in [0.5, 0.6) is 0 Å². The molecule has 0 amide bonds. The molecule has 190 valence electrons. The Bertz CT molecular complexity index is 1680. The van der Waals surface area contributed by atoms with Crippen LogP contribution in [0.25, 0.3) is 6.08 Å². The molecule has 0 aromatic heterocycles. The third kappa shape index (κ3) is 3.33. The van der Waals surface area contributed by atoms with Crippen LogP contribution in [0.1, 0.15) is 48.1 Å². The van der Waals surface area contributed by atoms with Crippen molar-refractivity contribution >= 4 is 56.6 Å². The Hall–Kier alpha value is -3.80. The number of benzene rings is 4. The standard InChI is InChI=1S/C33H21BrClNO3/c34-22-13-10-19(11-14-22)28-29(30(37)20-6-2-1-3-7-20)36-26-16-15-23(35)18-21(26)12-17-27(36)33(28)31(38)24-8-4-5-9-25(24)32(33)39/h1-18,27-29H/t27-,28+,29+/m1/s1. The monoisotopic (exact) mass is 593 g/mol. The lowest BCUT2D eigenvalue weighted by Gasteiger charge is -2.37. The SMILES string of the molecule is O=C(c1ccccc1)[C@@H]1[C@H](c2ccc(Br)cc2)C2(C(=O)c3ccccc3C2=O)[C@H]2C=Cc3cc(Cl)ccc3N12. The van der Waals surface area contributed by atoms with E-state index in [0.717, 1.165) is 21.3 Å². The van der Waals surface area contributed by atoms with Gasteiger partial charge in [-0.15, -0.1) is 0 Å². The average molecular weight is 595 g/mol. The van der Waals surface area contributed by atoms with Crippen LogP contribution in [0.15, 0.2) is 108 Å². The molecular formula is C33H21BrClNO3. The maximum absolute atomic E-state index is 14.6. The minimum atomic E-state index is -1.51. The van der Waals surface area contributed by atoms with Crippen molar-refractivity contribution in [3.05, 3.63) is 140 Å². The third-order valence-corrected chi connectivity index (χ3v) is 9.09. The lowest BCUT2D eigenvalue weighted by atomic mass is 9.64. The Morgan fingerprint density at radius 3 is 2.13 bits per heavy atom. The fourth-order valence-electron chi connectivity index (χ4n) is 6.76. The molecule has 1 saturated heterocycles. The molecule has 4 aromatic carbocycles. The van der Waals surface area contributed by atoms with Crippen LogP contribution in [0.2, 0.25) is 5.02 Å². The van der Waals surface area contributed by atoms with Gasteiger partial charge in [0.1, 0.15) is 11.5 Å². The highest BCUT2D eigenvalue weighted by atomic mass is 79.9. The predicted octanol–water partition coefficient (Wildman–Crippen LogP) is 7.42. The summed E-state index contributed by atoms with van der Waals surface area (Å²) >= 11 is 9.86. The molecule has 0 unspecified atom stereocenters. The number of anilines is 1. The molecule has 4 aromatic rings. The summed E-state index contributed by atoms with van der Waals surface area (Å²) in [5.41, 5.74) is 2.21. The van der Waals surface area contributed by atoms with E-state index in [0.29, 0.717) is 21.7 Å². The Balaban J connectivity index is 1.55. The zero-order chi connectivity index (χ0) is 26.9. The van der Waals surface area contributed by atoms with E-state index in [4.69, 9.17) is 11.6 Å². The van der Waals surface area contributed by atoms with E-state index < -0.39 is 23.4 Å². The van der Waals surface area contributed by atoms with E-state index >= 15 is 0 Å². The third-order valence-electron chi connectivity index (χ3n) is 8.32. The van der Waals surface area contributed by atoms with Crippen molar-refractivity contribution in [3.8, 4) is 0 Å². The van der Waals surface area contributed by atoms with Crippen molar-refractivity contribution < 1.29 is 14.4 Å². The molecule has 3 aliphatic rings. The van der Waals surface area contributed by atoms with Gasteiger partial charge in [-0.2, -0.15) is 0 Å². The molecule has 6 heteroatoms. The predicted molar refractivity (Wildman–Crippen MR) is 156 cm³/mol. The van der Waals surface area contributed by atoms with Gasteiger partial charge in [0.2, 0.25) is 0 Å². The number of halogens is 2. The maximum Gasteiger partial charge on any atom is 0.185 e. The van der Waals surface area contributed by atoms with E-state index in [9.17, 15) is 14.4 Å². The summed E-state index contributed by atoms with van der Waals surface area (Å²) in [5, 5.41) is 0.571. The minimum Gasteiger partial charge on any atom is -0.352 e. The molecule has 1 spiro atoms. The second-order valence-corrected chi connectivity index (χ2v) is 11.5. The van der Waals surface area contributed by atoms with Crippen LogP contribution in [-0.4, -0.2) is 29.4 Å². The summed E-state index contributed by atoms with van der Waals surface area (Å²) in [7, 11) is 0. The topological polar surface area (TPSA) is 54.5 Å². The van der Waals surface area contributed by atoms with Crippen molar-refractivity contribution in [1.82, 2.24) is 0 Å². The van der Waals surface area contributed by atoms with Gasteiger partial charge >= 0.3 is 0 Å². The van der Waals surface area contributed by atoms with Crippen molar-refractivity contribution in [3.63, 3.8) is 0 Å². The highest BCUT2D eigenvalue weighted by Crippen LogP contribution is 2.61. The number of hydrogen-bond donors (Lipinski definition) is 0. The first kappa shape index (κ1) is 24.3. The van der Waals surface area contributed by atoms with Crippen molar-refractivity contribution in [2.75, 3.05) is 4.90 Å². The van der Waals surface area contributed by atoms with Gasteiger partial charge in [-0.3, -0.25) is 14.4 Å². The number of Topliss-reactive ketones (excluding diaryl/α,β-unsaturated/α-hetero) is 3. The van der Waals surface area contributed by atoms with E-state index in [-0.39, 0.29) is 17.3 Å². The maximum atomic E-state index is 14.6. The number of rotatable bonds is 3. The largest absolute Gasteiger partial charge is 0.352 e. The summed E-state index contributed by atoms with van der Waals surface area (Å²) in [6, 6.07) is 27.8. The molecule has 0 bridgehead atoms. The van der Waals surface area contributed by atoms with Crippen molar-refractivity contribution in [1.29, 1.82) is 0 Å². The van der Waals surface area contributed by atoms with Crippen LogP contribution in [0, 0.1) is 5.41 Å². The molecular weight excluding hydrogens is 574 g/mol. The zero-order valence-electron chi connectivity index (χ0n) is 20.6. The van der Waals surface area contributed by atoms with Crippen LogP contribution >= 0.6 is 27.5 Å². The van der Waals surface area contributed by atoms with Crippen LogP contribution in [0.3, 0.4) is 0 Å². The number of carbonyl (C=O) groups excluding carboxylic acids is 3. The molecule has 1 aliphatic carbocycles. The lowest BCUT2D eigenvalue weighted by molar-refractivity contribution is 0.0666. The zero-order valence-corrected chi connectivity index (χ0v) is 22.9. The molecule has 0 saturated carbocycles. The first-order chi connectivity index (χ1) is 18.9. The number of fused-ring (bicyclic) bond motifs is 5. The molecule has 0 radical (unpaired) electrons. The van der Waals surface area contributed by atoms with Gasteiger partial charge < -0.3 is 4.90 Å². The van der Waals surface area contributed by atoms with Gasteiger partial charge in [0.15, 0.2) is 17.3 Å². The summed E-state index contributed by atoms with van der Waals surface area (Å²) in [5.74, 6) is -1.35. The van der Waals surface area contributed by atoms with Gasteiger partial charge in [-0.25, -0.2) is 0 Å². The summed E-state index contributed by atoms with van der Waals surface area (Å²) in [6.07, 6.45) is 3.83. The van der Waals surface area contributed by atoms with E-state index in [2.05, 4.69) is 15.9 Å². The molecule has 1 fully saturated rings. The Kier molecular flexibility index (Phi) is 5.51. The first-order valence-electron chi connectivity index (χ1n) is 12.7. The molecule has 7 rings (SSSR count). The Labute approximate surface area is 239 Å². The van der Waals surface area contributed by atoms with Gasteiger partial charge in [-0.05, 0) is 41.5 Å². The average Bonchev–Trinajstić information content (AvgIpc) is 3.39. The summed E-state index contributed by atoms with van der Waals surface area (Å²) < 4.78 is 0.870. The van der Waals surface area contributed by atoms with Gasteiger partial charge in [0.05, 0.1) is 6.04 Å². The smallest absolute Gasteiger partial charge is 0.185 e. The van der Waals surface area contributed by atoms with E-state index in [1.54, 1.807) is 42.5 Å². The lowest BCUT2D eigenvalue weighted by Crippen LogP contribution is -2.48. The Morgan fingerprint density at radius 1 is 0.821 bits per heavy atom. The molecule has 4 nitrogen and oxygen atoms in total. The molecule has 39 heavy (non-hydrogen) atoms. The number of nitrogens with zero attached hydrogens (tertiary/aromatic N) is 1. The highest BCUT2D eigenvalue weighted by Gasteiger charge is 2.71. The van der Waals surface area contributed by atoms with E-state index in [1.807, 2.05) is 71.6 Å². The number of ketones is 3. The minimum absolute atomic E-state index is 0.141. The fourth-order valence-corrected chi connectivity index (χ4v) is 7.21.